The van der Waals surface area contributed by atoms with Crippen molar-refractivity contribution in [3.8, 4) is 0 Å². The van der Waals surface area contributed by atoms with E-state index in [-0.39, 0.29) is 24.8 Å². The number of rotatable bonds is 2. The average Bonchev–Trinajstić information content (AvgIpc) is 3.07. The zero-order valence-corrected chi connectivity index (χ0v) is 19.3. The Kier molecular flexibility index (Phi) is 5.39. The molecule has 0 saturated carbocycles. The van der Waals surface area contributed by atoms with Crippen molar-refractivity contribution < 1.29 is 22.7 Å². The highest BCUT2D eigenvalue weighted by Crippen LogP contribution is 2.35. The maximum absolute atomic E-state index is 13.7. The van der Waals surface area contributed by atoms with Gasteiger partial charge in [-0.2, -0.15) is 18.3 Å². The largest absolute Gasteiger partial charge is 0.433 e. The predicted octanol–water partition coefficient (Wildman–Crippen LogP) is 4.16. The van der Waals surface area contributed by atoms with Gasteiger partial charge >= 0.3 is 6.18 Å². The average molecular weight is 484 g/mol. The first kappa shape index (κ1) is 23.0. The zero-order valence-electron chi connectivity index (χ0n) is 19.3. The van der Waals surface area contributed by atoms with E-state index in [4.69, 9.17) is 10.5 Å². The Morgan fingerprint density at radius 2 is 2.00 bits per heavy atom. The number of benzene rings is 1. The van der Waals surface area contributed by atoms with Crippen LogP contribution in [0, 0.1) is 6.92 Å². The number of pyridine rings is 2. The summed E-state index contributed by atoms with van der Waals surface area (Å²) in [7, 11) is 3.43. The second-order valence-electron chi connectivity index (χ2n) is 8.72. The highest BCUT2D eigenvalue weighted by atomic mass is 19.4. The van der Waals surface area contributed by atoms with E-state index >= 15 is 0 Å². The second kappa shape index (κ2) is 8.19. The summed E-state index contributed by atoms with van der Waals surface area (Å²) in [4.78, 5) is 23.5. The Morgan fingerprint density at radius 1 is 1.23 bits per heavy atom. The fourth-order valence-electron chi connectivity index (χ4n) is 4.68. The molecule has 0 unspecified atom stereocenters. The number of aryl methyl sites for hydroxylation is 2. The lowest BCUT2D eigenvalue weighted by atomic mass is 9.98. The number of hydrogen-bond donors (Lipinski definition) is 1. The van der Waals surface area contributed by atoms with Gasteiger partial charge in [0.2, 0.25) is 0 Å². The lowest BCUT2D eigenvalue weighted by Crippen LogP contribution is -2.32. The summed E-state index contributed by atoms with van der Waals surface area (Å²) >= 11 is 0. The monoisotopic (exact) mass is 484 g/mol. The molecule has 2 N–H and O–H groups in total. The molecule has 0 saturated heterocycles. The van der Waals surface area contributed by atoms with Crippen molar-refractivity contribution in [1.82, 2.24) is 24.6 Å². The van der Waals surface area contributed by atoms with Gasteiger partial charge in [-0.3, -0.25) is 9.48 Å². The van der Waals surface area contributed by atoms with Crippen molar-refractivity contribution in [1.29, 1.82) is 0 Å². The molecule has 1 amide bonds. The molecule has 4 heterocycles. The van der Waals surface area contributed by atoms with E-state index in [0.717, 1.165) is 17.0 Å². The molecule has 11 heteroatoms. The number of nitrogens with two attached hydrogens (primary N) is 1. The van der Waals surface area contributed by atoms with E-state index in [9.17, 15) is 18.0 Å². The smallest absolute Gasteiger partial charge is 0.383 e. The molecule has 5 rings (SSSR count). The van der Waals surface area contributed by atoms with Crippen LogP contribution in [0.4, 0.5) is 19.0 Å². The van der Waals surface area contributed by atoms with Crippen molar-refractivity contribution >= 4 is 33.5 Å². The number of ether oxygens (including phenoxy) is 1. The Bertz CT molecular complexity index is 1480. The van der Waals surface area contributed by atoms with Gasteiger partial charge in [0.15, 0.2) is 0 Å². The number of amides is 1. The van der Waals surface area contributed by atoms with E-state index < -0.39 is 17.9 Å². The predicted molar refractivity (Wildman–Crippen MR) is 124 cm³/mol. The maximum Gasteiger partial charge on any atom is 0.433 e. The summed E-state index contributed by atoms with van der Waals surface area (Å²) in [5.41, 5.74) is 8.43. The van der Waals surface area contributed by atoms with Crippen molar-refractivity contribution in [2.24, 2.45) is 7.05 Å². The van der Waals surface area contributed by atoms with E-state index in [1.54, 1.807) is 42.0 Å². The molecule has 4 aromatic rings. The quantitative estimate of drug-likeness (QED) is 0.459. The van der Waals surface area contributed by atoms with Crippen LogP contribution >= 0.6 is 0 Å². The Balaban J connectivity index is 1.57. The number of nitrogen functional groups attached to an aromatic ring is 1. The van der Waals surface area contributed by atoms with Crippen LogP contribution in [0.3, 0.4) is 0 Å². The van der Waals surface area contributed by atoms with Gasteiger partial charge in [0.25, 0.3) is 5.91 Å². The maximum atomic E-state index is 13.7. The van der Waals surface area contributed by atoms with Crippen LogP contribution in [0.5, 0.6) is 0 Å². The fraction of sp³-hybridized carbons (Fsp3) is 0.333. The molecule has 182 valence electrons. The van der Waals surface area contributed by atoms with E-state index in [2.05, 4.69) is 15.1 Å². The summed E-state index contributed by atoms with van der Waals surface area (Å²) in [6.07, 6.45) is -2.50. The number of nitrogens with zero attached hydrogens (tertiary/aromatic N) is 5. The second-order valence-corrected chi connectivity index (χ2v) is 8.72. The zero-order chi connectivity index (χ0) is 25.1. The topological polar surface area (TPSA) is 99.2 Å². The minimum absolute atomic E-state index is 0.0433. The number of anilines is 1. The molecule has 35 heavy (non-hydrogen) atoms. The molecular weight excluding hydrogens is 461 g/mol. The number of carbonyl (C=O) groups is 1. The van der Waals surface area contributed by atoms with Crippen LogP contribution in [0.25, 0.3) is 21.8 Å². The van der Waals surface area contributed by atoms with Crippen LogP contribution in [0.1, 0.15) is 45.3 Å². The third-order valence-electron chi connectivity index (χ3n) is 6.50. The van der Waals surface area contributed by atoms with Gasteiger partial charge in [0.1, 0.15) is 11.5 Å². The number of hydrogen-bond acceptors (Lipinski definition) is 6. The number of carbonyl (C=O) groups excluding carboxylic acids is 1. The van der Waals surface area contributed by atoms with Crippen LogP contribution in [0.15, 0.2) is 30.5 Å². The molecule has 1 aliphatic heterocycles. The molecule has 1 aromatic carbocycles. The van der Waals surface area contributed by atoms with Gasteiger partial charge in [0.05, 0.1) is 41.0 Å². The van der Waals surface area contributed by atoms with Crippen LogP contribution in [-0.2, 0) is 24.6 Å². The molecule has 0 radical (unpaired) electrons. The Labute approximate surface area is 198 Å². The molecular formula is C24H23F3N6O2. The molecule has 0 bridgehead atoms. The third-order valence-corrected chi connectivity index (χ3v) is 6.50. The Morgan fingerprint density at radius 3 is 2.74 bits per heavy atom. The summed E-state index contributed by atoms with van der Waals surface area (Å²) in [5, 5.41) is 5.70. The van der Waals surface area contributed by atoms with Crippen LogP contribution in [0.2, 0.25) is 0 Å². The first-order valence-electron chi connectivity index (χ1n) is 11.0. The standard InChI is InChI=1S/C24H23F3N6O2/c1-12-8-17-15(21-16(22(28)31-17)10-29-33(21)3)9-14(12)23(34)32(2)19-6-7-35-11-18-13(19)4-5-20(30-18)24(25,26)27/h4-5,8-10,19H,6-7,11H2,1-3H3,(H2,28,31)/t19-/m1/s1. The van der Waals surface area contributed by atoms with E-state index in [1.807, 2.05) is 6.92 Å². The normalized spacial score (nSPS) is 16.3. The van der Waals surface area contributed by atoms with E-state index in [0.29, 0.717) is 39.8 Å². The van der Waals surface area contributed by atoms with Crippen LogP contribution in [-0.4, -0.2) is 44.2 Å². The number of halogens is 3. The fourth-order valence-corrected chi connectivity index (χ4v) is 4.68. The summed E-state index contributed by atoms with van der Waals surface area (Å²) in [6, 6.07) is 5.44. The number of fused-ring (bicyclic) bond motifs is 4. The van der Waals surface area contributed by atoms with Crippen molar-refractivity contribution in [2.75, 3.05) is 19.4 Å². The number of aromatic nitrogens is 4. The molecule has 0 aliphatic carbocycles. The highest BCUT2D eigenvalue weighted by molar-refractivity contribution is 6.10. The highest BCUT2D eigenvalue weighted by Gasteiger charge is 2.35. The lowest BCUT2D eigenvalue weighted by Gasteiger charge is -2.29. The molecule has 1 atom stereocenters. The number of alkyl halides is 3. The minimum atomic E-state index is -4.56. The third kappa shape index (κ3) is 3.85. The van der Waals surface area contributed by atoms with Gasteiger partial charge in [-0.25, -0.2) is 9.97 Å². The summed E-state index contributed by atoms with van der Waals surface area (Å²) < 4.78 is 46.8. The van der Waals surface area contributed by atoms with Crippen molar-refractivity contribution in [2.45, 2.75) is 32.2 Å². The lowest BCUT2D eigenvalue weighted by molar-refractivity contribution is -0.141. The molecule has 8 nitrogen and oxygen atoms in total. The van der Waals surface area contributed by atoms with E-state index in [1.165, 1.54) is 6.07 Å². The summed E-state index contributed by atoms with van der Waals surface area (Å²) in [6.45, 7) is 2.06. The molecule has 0 spiro atoms. The first-order valence-corrected chi connectivity index (χ1v) is 11.0. The van der Waals surface area contributed by atoms with Crippen LogP contribution < -0.4 is 5.73 Å². The SMILES string of the molecule is Cc1cc2nc(N)c3cnn(C)c3c2cc1C(=O)N(C)[C@@H]1CCOCc2nc(C(F)(F)F)ccc21. The van der Waals surface area contributed by atoms with Crippen molar-refractivity contribution in [3.05, 3.63) is 58.5 Å². The molecule has 1 aliphatic rings. The minimum Gasteiger partial charge on any atom is -0.383 e. The van der Waals surface area contributed by atoms with Crippen molar-refractivity contribution in [3.63, 3.8) is 0 Å². The van der Waals surface area contributed by atoms with Gasteiger partial charge in [0, 0.05) is 31.7 Å². The van der Waals surface area contributed by atoms with Gasteiger partial charge in [-0.05, 0) is 42.7 Å². The van der Waals surface area contributed by atoms with Gasteiger partial charge < -0.3 is 15.4 Å². The first-order chi connectivity index (χ1) is 16.6. The Hall–Kier alpha value is -3.73. The van der Waals surface area contributed by atoms with Gasteiger partial charge in [-0.15, -0.1) is 0 Å². The molecule has 3 aromatic heterocycles. The molecule has 0 fully saturated rings. The van der Waals surface area contributed by atoms with Gasteiger partial charge in [-0.1, -0.05) is 6.07 Å². The summed E-state index contributed by atoms with van der Waals surface area (Å²) in [5.74, 6) is 0.0891.